The van der Waals surface area contributed by atoms with E-state index in [9.17, 15) is 15.2 Å². The van der Waals surface area contributed by atoms with Crippen molar-refractivity contribution in [1.29, 1.82) is 0 Å². The molecule has 1 atom stereocenters. The maximum atomic E-state index is 10.8. The molecule has 1 saturated heterocycles. The van der Waals surface area contributed by atoms with Crippen LogP contribution in [-0.4, -0.2) is 43.9 Å². The first-order valence-corrected chi connectivity index (χ1v) is 6.14. The lowest BCUT2D eigenvalue weighted by Gasteiger charge is -2.31. The van der Waals surface area contributed by atoms with Crippen LogP contribution in [0.3, 0.4) is 0 Å². The van der Waals surface area contributed by atoms with Crippen LogP contribution in [0.15, 0.2) is 12.3 Å². The first kappa shape index (κ1) is 13.0. The zero-order chi connectivity index (χ0) is 13.1. The summed E-state index contributed by atoms with van der Waals surface area (Å²) < 4.78 is 1.41. The molecule has 0 radical (unpaired) electrons. The highest BCUT2D eigenvalue weighted by Crippen LogP contribution is 2.21. The van der Waals surface area contributed by atoms with Gasteiger partial charge in [0, 0.05) is 13.1 Å². The van der Waals surface area contributed by atoms with Crippen molar-refractivity contribution < 1.29 is 10.0 Å². The maximum absolute atomic E-state index is 10.8. The van der Waals surface area contributed by atoms with E-state index in [2.05, 4.69) is 10.00 Å². The van der Waals surface area contributed by atoms with E-state index in [1.165, 1.54) is 16.9 Å². The van der Waals surface area contributed by atoms with Crippen molar-refractivity contribution >= 4 is 5.82 Å². The first-order valence-electron chi connectivity index (χ1n) is 6.14. The summed E-state index contributed by atoms with van der Waals surface area (Å²) in [6.07, 6.45) is 3.02. The van der Waals surface area contributed by atoms with E-state index in [0.717, 1.165) is 25.9 Å². The zero-order valence-corrected chi connectivity index (χ0v) is 10.4. The number of nitro groups is 1. The van der Waals surface area contributed by atoms with Crippen LogP contribution in [0.5, 0.6) is 0 Å². The van der Waals surface area contributed by atoms with Gasteiger partial charge in [-0.2, -0.15) is 0 Å². The van der Waals surface area contributed by atoms with Gasteiger partial charge in [-0.25, -0.2) is 0 Å². The minimum Gasteiger partial charge on any atom is -0.393 e. The molecule has 0 aromatic carbocycles. The quantitative estimate of drug-likeness (QED) is 0.635. The van der Waals surface area contributed by atoms with E-state index in [-0.39, 0.29) is 11.9 Å². The van der Waals surface area contributed by atoms with Gasteiger partial charge in [0.2, 0.25) is 0 Å². The fourth-order valence-corrected chi connectivity index (χ4v) is 2.36. The highest BCUT2D eigenvalue weighted by atomic mass is 16.6. The van der Waals surface area contributed by atoms with Crippen LogP contribution >= 0.6 is 0 Å². The van der Waals surface area contributed by atoms with E-state index in [1.54, 1.807) is 0 Å². The Bertz CT molecular complexity index is 410. The van der Waals surface area contributed by atoms with Crippen LogP contribution in [0.1, 0.15) is 19.8 Å². The number of piperidine rings is 1. The molecule has 0 saturated carbocycles. The van der Waals surface area contributed by atoms with Gasteiger partial charge in [-0.1, -0.05) is 5.10 Å². The fourth-order valence-electron chi connectivity index (χ4n) is 2.36. The lowest BCUT2D eigenvalue weighted by molar-refractivity contribution is -0.393. The van der Waals surface area contributed by atoms with Crippen LogP contribution < -0.4 is 0 Å². The molecule has 1 aliphatic heterocycles. The van der Waals surface area contributed by atoms with E-state index in [0.29, 0.717) is 12.6 Å². The highest BCUT2D eigenvalue weighted by molar-refractivity contribution is 5.15. The van der Waals surface area contributed by atoms with Crippen molar-refractivity contribution in [3.63, 3.8) is 0 Å². The van der Waals surface area contributed by atoms with Crippen LogP contribution in [0.4, 0.5) is 5.82 Å². The second-order valence-electron chi connectivity index (χ2n) is 4.78. The van der Waals surface area contributed by atoms with Gasteiger partial charge in [-0.05, 0) is 30.6 Å². The van der Waals surface area contributed by atoms with Gasteiger partial charge < -0.3 is 15.2 Å². The number of aromatic nitrogens is 2. The molecule has 0 bridgehead atoms. The lowest BCUT2D eigenvalue weighted by atomic mass is 9.92. The van der Waals surface area contributed by atoms with Gasteiger partial charge in [0.15, 0.2) is 6.67 Å². The van der Waals surface area contributed by atoms with Crippen LogP contribution in [0.2, 0.25) is 0 Å². The minimum absolute atomic E-state index is 0.0210. The standard InChI is InChI=1S/C11H18N4O3/c1-9(16)10-3-6-13(7-4-10)8-14-11(15(17)18)2-5-12-14/h2,5,9-10,16H,3-4,6-8H2,1H3. The summed E-state index contributed by atoms with van der Waals surface area (Å²) in [6, 6.07) is 1.41. The Labute approximate surface area is 105 Å². The normalized spacial score (nSPS) is 19.9. The predicted octanol–water partition coefficient (Wildman–Crippen LogP) is 0.842. The number of rotatable bonds is 4. The molecule has 18 heavy (non-hydrogen) atoms. The third-order valence-electron chi connectivity index (χ3n) is 3.53. The van der Waals surface area contributed by atoms with Gasteiger partial charge in [-0.3, -0.25) is 4.90 Å². The maximum Gasteiger partial charge on any atom is 0.346 e. The fraction of sp³-hybridized carbons (Fsp3) is 0.727. The van der Waals surface area contributed by atoms with Crippen molar-refractivity contribution in [2.75, 3.05) is 13.1 Å². The Morgan fingerprint density at radius 3 is 2.83 bits per heavy atom. The number of likely N-dealkylation sites (tertiary alicyclic amines) is 1. The van der Waals surface area contributed by atoms with Crippen molar-refractivity contribution in [2.45, 2.75) is 32.5 Å². The van der Waals surface area contributed by atoms with E-state index < -0.39 is 4.92 Å². The molecule has 1 N–H and O–H groups in total. The largest absolute Gasteiger partial charge is 0.393 e. The molecule has 2 heterocycles. The van der Waals surface area contributed by atoms with Crippen LogP contribution in [0.25, 0.3) is 0 Å². The molecule has 2 rings (SSSR count). The number of nitrogens with zero attached hydrogens (tertiary/aromatic N) is 4. The summed E-state index contributed by atoms with van der Waals surface area (Å²) in [6.45, 7) is 3.94. The summed E-state index contributed by atoms with van der Waals surface area (Å²) in [5.41, 5.74) is 0. The van der Waals surface area contributed by atoms with Gasteiger partial charge in [0.25, 0.3) is 0 Å². The second kappa shape index (κ2) is 5.45. The molecule has 0 aliphatic carbocycles. The van der Waals surface area contributed by atoms with Crippen LogP contribution in [0, 0.1) is 16.0 Å². The number of hydrogen-bond donors (Lipinski definition) is 1. The molecule has 1 unspecified atom stereocenters. The molecular weight excluding hydrogens is 236 g/mol. The minimum atomic E-state index is -0.421. The molecule has 100 valence electrons. The van der Waals surface area contributed by atoms with Crippen molar-refractivity contribution in [1.82, 2.24) is 14.7 Å². The summed E-state index contributed by atoms with van der Waals surface area (Å²) in [7, 11) is 0. The monoisotopic (exact) mass is 254 g/mol. The van der Waals surface area contributed by atoms with Gasteiger partial charge in [0.05, 0.1) is 18.4 Å². The lowest BCUT2D eigenvalue weighted by Crippen LogP contribution is -2.38. The Balaban J connectivity index is 1.91. The van der Waals surface area contributed by atoms with Crippen molar-refractivity contribution in [3.05, 3.63) is 22.4 Å². The summed E-state index contributed by atoms with van der Waals surface area (Å²) in [4.78, 5) is 12.5. The molecule has 1 aromatic rings. The highest BCUT2D eigenvalue weighted by Gasteiger charge is 2.25. The molecule has 1 fully saturated rings. The van der Waals surface area contributed by atoms with Gasteiger partial charge in [-0.15, -0.1) is 4.68 Å². The Hall–Kier alpha value is -1.47. The van der Waals surface area contributed by atoms with Crippen molar-refractivity contribution in [2.24, 2.45) is 5.92 Å². The summed E-state index contributed by atoms with van der Waals surface area (Å²) in [5, 5.41) is 24.2. The SMILES string of the molecule is CC(O)C1CCN(Cn2nccc2[N+](=O)[O-])CC1. The molecule has 1 aliphatic rings. The summed E-state index contributed by atoms with van der Waals surface area (Å²) >= 11 is 0. The average molecular weight is 254 g/mol. The third kappa shape index (κ3) is 2.85. The molecule has 1 aromatic heterocycles. The second-order valence-corrected chi connectivity index (χ2v) is 4.78. The molecule has 7 nitrogen and oxygen atoms in total. The molecule has 0 spiro atoms. The van der Waals surface area contributed by atoms with Gasteiger partial charge in [0.1, 0.15) is 0 Å². The third-order valence-corrected chi connectivity index (χ3v) is 3.53. The Kier molecular flexibility index (Phi) is 3.93. The number of aliphatic hydroxyl groups is 1. The average Bonchev–Trinajstić information content (AvgIpc) is 2.78. The van der Waals surface area contributed by atoms with Crippen LogP contribution in [-0.2, 0) is 6.67 Å². The van der Waals surface area contributed by atoms with E-state index in [1.807, 2.05) is 6.92 Å². The van der Waals surface area contributed by atoms with Gasteiger partial charge >= 0.3 is 5.82 Å². The zero-order valence-electron chi connectivity index (χ0n) is 10.4. The Morgan fingerprint density at radius 1 is 1.61 bits per heavy atom. The smallest absolute Gasteiger partial charge is 0.346 e. The Morgan fingerprint density at radius 2 is 2.28 bits per heavy atom. The predicted molar refractivity (Wildman–Crippen MR) is 64.9 cm³/mol. The number of aliphatic hydroxyl groups excluding tert-OH is 1. The molecule has 7 heteroatoms. The number of hydrogen-bond acceptors (Lipinski definition) is 5. The topological polar surface area (TPSA) is 84.4 Å². The molecule has 0 amide bonds. The van der Waals surface area contributed by atoms with Crippen molar-refractivity contribution in [3.8, 4) is 0 Å². The molecular formula is C11H18N4O3. The van der Waals surface area contributed by atoms with E-state index >= 15 is 0 Å². The first-order chi connectivity index (χ1) is 8.58. The van der Waals surface area contributed by atoms with E-state index in [4.69, 9.17) is 0 Å². The summed E-state index contributed by atoms with van der Waals surface area (Å²) in [5.74, 6) is 0.363.